The number of hydrogen-bond donors (Lipinski definition) is 1. The van der Waals surface area contributed by atoms with Crippen LogP contribution in [-0.4, -0.2) is 44.8 Å². The molecule has 1 aliphatic rings. The third-order valence-electron chi connectivity index (χ3n) is 5.80. The molecule has 2 aromatic heterocycles. The Morgan fingerprint density at radius 3 is 2.76 bits per heavy atom. The number of carbonyl (C=O) groups excluding carboxylic acids is 1. The lowest BCUT2D eigenvalue weighted by Gasteiger charge is -2.39. The molecule has 1 saturated carbocycles. The van der Waals surface area contributed by atoms with Gasteiger partial charge >= 0.3 is 5.97 Å². The molecule has 2 aromatic rings. The van der Waals surface area contributed by atoms with Crippen LogP contribution in [0.15, 0.2) is 18.2 Å². The molecule has 0 amide bonds. The Bertz CT molecular complexity index is 811. The highest BCUT2D eigenvalue weighted by Gasteiger charge is 2.42. The number of nitrogens with one attached hydrogen (secondary N) is 1. The molecule has 0 saturated heterocycles. The minimum atomic E-state index is -0.321. The summed E-state index contributed by atoms with van der Waals surface area (Å²) < 4.78 is 6.85. The van der Waals surface area contributed by atoms with Gasteiger partial charge in [0.15, 0.2) is 5.82 Å². The maximum absolute atomic E-state index is 12.0. The van der Waals surface area contributed by atoms with Crippen molar-refractivity contribution in [3.05, 3.63) is 35.4 Å². The standard InChI is InChI=1S/C21H32N6O2/c1-15(2)27-20(24-25-26-27)21(12-10-17(11-13-21)19(28)29-4)22-14-6-9-18-8-5-7-16(3)23-18/h5,7-8,15,17,22H,6,9-14H2,1-4H3. The van der Waals surface area contributed by atoms with Gasteiger partial charge in [0.05, 0.1) is 24.6 Å². The van der Waals surface area contributed by atoms with Gasteiger partial charge in [0.2, 0.25) is 0 Å². The van der Waals surface area contributed by atoms with Crippen LogP contribution in [0.25, 0.3) is 0 Å². The second-order valence-electron chi connectivity index (χ2n) is 8.22. The molecule has 8 heteroatoms. The van der Waals surface area contributed by atoms with Crippen LogP contribution in [0.5, 0.6) is 0 Å². The van der Waals surface area contributed by atoms with Crippen LogP contribution >= 0.6 is 0 Å². The number of carbonyl (C=O) groups is 1. The van der Waals surface area contributed by atoms with Gasteiger partial charge in [0, 0.05) is 11.4 Å². The van der Waals surface area contributed by atoms with Gasteiger partial charge in [0.25, 0.3) is 0 Å². The SMILES string of the molecule is COC(=O)C1CCC(NCCCc2cccc(C)n2)(c2nnnn2C(C)C)CC1. The number of pyridine rings is 1. The number of rotatable bonds is 8. The topological polar surface area (TPSA) is 94.8 Å². The van der Waals surface area contributed by atoms with Crippen LogP contribution < -0.4 is 5.32 Å². The van der Waals surface area contributed by atoms with Crippen LogP contribution in [0, 0.1) is 12.8 Å². The van der Waals surface area contributed by atoms with E-state index in [4.69, 9.17) is 4.74 Å². The summed E-state index contributed by atoms with van der Waals surface area (Å²) in [4.78, 5) is 16.6. The molecule has 0 aromatic carbocycles. The summed E-state index contributed by atoms with van der Waals surface area (Å²) in [5.41, 5.74) is 1.84. The zero-order chi connectivity index (χ0) is 20.9. The fourth-order valence-corrected chi connectivity index (χ4v) is 4.18. The van der Waals surface area contributed by atoms with E-state index in [-0.39, 0.29) is 23.5 Å². The van der Waals surface area contributed by atoms with E-state index in [2.05, 4.69) is 51.8 Å². The smallest absolute Gasteiger partial charge is 0.308 e. The van der Waals surface area contributed by atoms with E-state index in [0.29, 0.717) is 0 Å². The molecule has 0 atom stereocenters. The summed E-state index contributed by atoms with van der Waals surface area (Å²) in [5, 5.41) is 16.3. The summed E-state index contributed by atoms with van der Waals surface area (Å²) in [6.45, 7) is 7.01. The molecule has 0 spiro atoms. The van der Waals surface area contributed by atoms with Crippen molar-refractivity contribution in [2.45, 2.75) is 70.9 Å². The third kappa shape index (κ3) is 4.98. The molecule has 0 bridgehead atoms. The number of nitrogens with zero attached hydrogens (tertiary/aromatic N) is 5. The molecule has 0 unspecified atom stereocenters. The summed E-state index contributed by atoms with van der Waals surface area (Å²) in [5.74, 6) is 0.701. The van der Waals surface area contributed by atoms with Crippen molar-refractivity contribution in [2.75, 3.05) is 13.7 Å². The molecule has 2 heterocycles. The van der Waals surface area contributed by atoms with E-state index >= 15 is 0 Å². The second-order valence-corrected chi connectivity index (χ2v) is 8.22. The minimum Gasteiger partial charge on any atom is -0.469 e. The lowest BCUT2D eigenvalue weighted by molar-refractivity contribution is -0.147. The molecule has 29 heavy (non-hydrogen) atoms. The highest BCUT2D eigenvalue weighted by atomic mass is 16.5. The number of tetrazole rings is 1. The molecular formula is C21H32N6O2. The maximum Gasteiger partial charge on any atom is 0.308 e. The zero-order valence-corrected chi connectivity index (χ0v) is 17.9. The van der Waals surface area contributed by atoms with E-state index in [1.165, 1.54) is 7.11 Å². The van der Waals surface area contributed by atoms with Crippen molar-refractivity contribution >= 4 is 5.97 Å². The molecular weight excluding hydrogens is 368 g/mol. The molecule has 158 valence electrons. The first-order valence-electron chi connectivity index (χ1n) is 10.5. The lowest BCUT2D eigenvalue weighted by atomic mass is 9.75. The molecule has 3 rings (SSSR count). The van der Waals surface area contributed by atoms with Crippen molar-refractivity contribution in [1.29, 1.82) is 0 Å². The van der Waals surface area contributed by atoms with Gasteiger partial charge in [0.1, 0.15) is 0 Å². The lowest BCUT2D eigenvalue weighted by Crippen LogP contribution is -2.48. The van der Waals surface area contributed by atoms with Gasteiger partial charge in [-0.25, -0.2) is 4.68 Å². The van der Waals surface area contributed by atoms with Gasteiger partial charge in [-0.15, -0.1) is 5.10 Å². The summed E-state index contributed by atoms with van der Waals surface area (Å²) in [6.07, 6.45) is 5.05. The summed E-state index contributed by atoms with van der Waals surface area (Å²) in [7, 11) is 1.46. The molecule has 8 nitrogen and oxygen atoms in total. The van der Waals surface area contributed by atoms with Crippen LogP contribution in [0.2, 0.25) is 0 Å². The third-order valence-corrected chi connectivity index (χ3v) is 5.80. The number of methoxy groups -OCH3 is 1. The average Bonchev–Trinajstić information content (AvgIpc) is 3.22. The minimum absolute atomic E-state index is 0.0465. The van der Waals surface area contributed by atoms with Crippen LogP contribution in [0.4, 0.5) is 0 Å². The van der Waals surface area contributed by atoms with E-state index in [9.17, 15) is 4.79 Å². The fraction of sp³-hybridized carbons (Fsp3) is 0.667. The number of aryl methyl sites for hydroxylation is 2. The molecule has 0 radical (unpaired) electrons. The average molecular weight is 401 g/mol. The monoisotopic (exact) mass is 400 g/mol. The predicted octanol–water partition coefficient (Wildman–Crippen LogP) is 2.74. The van der Waals surface area contributed by atoms with Gasteiger partial charge < -0.3 is 10.1 Å². The number of esters is 1. The van der Waals surface area contributed by atoms with Crippen molar-refractivity contribution in [1.82, 2.24) is 30.5 Å². The van der Waals surface area contributed by atoms with Crippen molar-refractivity contribution in [2.24, 2.45) is 5.92 Å². The largest absolute Gasteiger partial charge is 0.469 e. The Labute approximate surface area is 172 Å². The normalized spacial score (nSPS) is 22.0. The van der Waals surface area contributed by atoms with Crippen LogP contribution in [0.1, 0.15) is 69.2 Å². The Morgan fingerprint density at radius 1 is 1.34 bits per heavy atom. The van der Waals surface area contributed by atoms with E-state index in [1.807, 2.05) is 17.7 Å². The summed E-state index contributed by atoms with van der Waals surface area (Å²) in [6, 6.07) is 6.32. The van der Waals surface area contributed by atoms with Crippen LogP contribution in [-0.2, 0) is 21.5 Å². The van der Waals surface area contributed by atoms with Gasteiger partial charge in [-0.3, -0.25) is 9.78 Å². The van der Waals surface area contributed by atoms with Crippen molar-refractivity contribution in [3.63, 3.8) is 0 Å². The van der Waals surface area contributed by atoms with E-state index in [1.54, 1.807) is 0 Å². The van der Waals surface area contributed by atoms with Crippen molar-refractivity contribution in [3.8, 4) is 0 Å². The maximum atomic E-state index is 12.0. The van der Waals surface area contributed by atoms with Crippen LogP contribution in [0.3, 0.4) is 0 Å². The zero-order valence-electron chi connectivity index (χ0n) is 17.9. The molecule has 1 N–H and O–H groups in total. The summed E-state index contributed by atoms with van der Waals surface area (Å²) >= 11 is 0. The van der Waals surface area contributed by atoms with Gasteiger partial charge in [-0.05, 0) is 88.4 Å². The Balaban J connectivity index is 1.70. The highest BCUT2D eigenvalue weighted by Crippen LogP contribution is 2.39. The Kier molecular flexibility index (Phi) is 6.95. The highest BCUT2D eigenvalue weighted by molar-refractivity contribution is 5.72. The van der Waals surface area contributed by atoms with E-state index < -0.39 is 0 Å². The quantitative estimate of drug-likeness (QED) is 0.538. The van der Waals surface area contributed by atoms with E-state index in [0.717, 1.165) is 62.3 Å². The van der Waals surface area contributed by atoms with Crippen molar-refractivity contribution < 1.29 is 9.53 Å². The first-order chi connectivity index (χ1) is 13.9. The fourth-order valence-electron chi connectivity index (χ4n) is 4.18. The van der Waals surface area contributed by atoms with Gasteiger partial charge in [-0.1, -0.05) is 6.07 Å². The predicted molar refractivity (Wildman–Crippen MR) is 109 cm³/mol. The Morgan fingerprint density at radius 2 is 2.10 bits per heavy atom. The molecule has 1 aliphatic carbocycles. The number of ether oxygens (including phenoxy) is 1. The Hall–Kier alpha value is -2.35. The molecule has 1 fully saturated rings. The first kappa shape index (κ1) is 21.4. The van der Waals surface area contributed by atoms with Gasteiger partial charge in [-0.2, -0.15) is 0 Å². The molecule has 0 aliphatic heterocycles. The number of hydrogen-bond acceptors (Lipinski definition) is 7. The number of aromatic nitrogens is 5. The second kappa shape index (κ2) is 9.43. The first-order valence-corrected chi connectivity index (χ1v) is 10.5.